The van der Waals surface area contributed by atoms with Gasteiger partial charge in [-0.15, -0.1) is 0 Å². The zero-order valence-corrected chi connectivity index (χ0v) is 71.6. The first-order valence-corrected chi connectivity index (χ1v) is 45.0. The summed E-state index contributed by atoms with van der Waals surface area (Å²) in [6.45, 7) is 0. The maximum absolute atomic E-state index is 5.02. The Morgan fingerprint density at radius 1 is 0.212 bits per heavy atom. The Labute approximate surface area is 755 Å². The second kappa shape index (κ2) is 32.6. The van der Waals surface area contributed by atoms with E-state index >= 15 is 0 Å². The highest BCUT2D eigenvalue weighted by molar-refractivity contribution is 6.03. The van der Waals surface area contributed by atoms with Crippen LogP contribution in [-0.2, 0) is 51.4 Å². The van der Waals surface area contributed by atoms with E-state index in [1.807, 2.05) is 68.0 Å². The Morgan fingerprint density at radius 2 is 0.545 bits per heavy atom. The van der Waals surface area contributed by atoms with Crippen LogP contribution in [0, 0.1) is 0 Å². The molecule has 0 fully saturated rings. The Kier molecular flexibility index (Phi) is 19.1. The summed E-state index contributed by atoms with van der Waals surface area (Å²) in [5, 5.41) is 35.0. The minimum atomic E-state index is 0.671. The Bertz CT molecular complexity index is 7630. The first kappa shape index (κ1) is 77.2. The molecule has 22 heteroatoms. The van der Waals surface area contributed by atoms with E-state index in [-0.39, 0.29) is 0 Å². The average Bonchev–Trinajstić information content (AvgIpc) is 1.63. The van der Waals surface area contributed by atoms with Crippen molar-refractivity contribution in [2.24, 2.45) is 0 Å². The molecule has 18 heterocycles. The summed E-state index contributed by atoms with van der Waals surface area (Å²) >= 11 is 0. The number of hydrogen-bond donors (Lipinski definition) is 8. The summed E-state index contributed by atoms with van der Waals surface area (Å²) in [4.78, 5) is 61.3. The molecular formula is C110H82N22. The number of para-hydroxylation sites is 3. The Balaban J connectivity index is 0.0000000945. The minimum absolute atomic E-state index is 0.671. The van der Waals surface area contributed by atoms with Gasteiger partial charge in [0.25, 0.3) is 0 Å². The van der Waals surface area contributed by atoms with Crippen molar-refractivity contribution in [3.63, 3.8) is 0 Å². The zero-order chi connectivity index (χ0) is 87.1. The Hall–Kier alpha value is -17.1. The predicted octanol–water partition coefficient (Wildman–Crippen LogP) is 24.1. The van der Waals surface area contributed by atoms with Gasteiger partial charge < -0.3 is 19.9 Å². The molecule has 4 aliphatic heterocycles. The maximum atomic E-state index is 5.02. The first-order chi connectivity index (χ1) is 65.3. The molecule has 132 heavy (non-hydrogen) atoms. The van der Waals surface area contributed by atoms with Gasteiger partial charge in [0.15, 0.2) is 28.9 Å². The molecule has 0 unspecified atom stereocenters. The van der Waals surface area contributed by atoms with E-state index in [2.05, 4.69) is 322 Å². The molecule has 0 spiro atoms. The van der Waals surface area contributed by atoms with Crippen molar-refractivity contribution in [1.29, 1.82) is 0 Å². The van der Waals surface area contributed by atoms with Crippen LogP contribution >= 0.6 is 0 Å². The van der Waals surface area contributed by atoms with Gasteiger partial charge in [-0.1, -0.05) is 146 Å². The smallest absolute Gasteiger partial charge is 0.181 e. The molecule has 24 aromatic rings. The second-order valence-electron chi connectivity index (χ2n) is 34.7. The van der Waals surface area contributed by atoms with Crippen LogP contribution in [0.3, 0.4) is 0 Å². The molecule has 0 atom stereocenters. The summed E-state index contributed by atoms with van der Waals surface area (Å²) in [5.74, 6) is 3.03. The second-order valence-corrected chi connectivity index (χ2v) is 34.7. The molecule has 4 aliphatic rings. The van der Waals surface area contributed by atoms with Crippen molar-refractivity contribution in [2.45, 2.75) is 77.0 Å². The first-order valence-electron chi connectivity index (χ1n) is 45.0. The van der Waals surface area contributed by atoms with Crippen molar-refractivity contribution < 1.29 is 0 Å². The van der Waals surface area contributed by atoms with E-state index in [4.69, 9.17) is 24.9 Å². The fourth-order valence-electron chi connectivity index (χ4n) is 19.4. The highest BCUT2D eigenvalue weighted by Gasteiger charge is 2.24. The molecular weight excluding hydrogens is 1630 g/mol. The van der Waals surface area contributed by atoms with Crippen molar-refractivity contribution in [3.05, 3.63) is 349 Å². The molecule has 0 saturated carbocycles. The summed E-state index contributed by atoms with van der Waals surface area (Å²) in [6.07, 6.45) is 31.7. The van der Waals surface area contributed by atoms with Crippen molar-refractivity contribution in [2.75, 3.05) is 0 Å². The lowest BCUT2D eigenvalue weighted by Crippen LogP contribution is -1.93. The van der Waals surface area contributed by atoms with Gasteiger partial charge >= 0.3 is 0 Å². The fraction of sp³-hybridized carbons (Fsp3) is 0.109. The highest BCUT2D eigenvalue weighted by atomic mass is 15.2. The van der Waals surface area contributed by atoms with Gasteiger partial charge in [-0.25, -0.2) is 24.9 Å². The van der Waals surface area contributed by atoms with Crippen LogP contribution in [0.2, 0.25) is 0 Å². The van der Waals surface area contributed by atoms with Crippen LogP contribution in [0.5, 0.6) is 0 Å². The fourth-order valence-corrected chi connectivity index (χ4v) is 19.4. The van der Waals surface area contributed by atoms with E-state index in [0.29, 0.717) is 5.65 Å². The van der Waals surface area contributed by atoms with Gasteiger partial charge in [-0.05, 0) is 252 Å². The van der Waals surface area contributed by atoms with E-state index in [9.17, 15) is 0 Å². The van der Waals surface area contributed by atoms with E-state index < -0.39 is 0 Å². The maximum Gasteiger partial charge on any atom is 0.181 e. The minimum Gasteiger partial charge on any atom is -0.337 e. The molecule has 8 N–H and O–H groups in total. The molecule has 10 aromatic carbocycles. The molecule has 0 aliphatic carbocycles. The summed E-state index contributed by atoms with van der Waals surface area (Å²) in [6, 6.07) is 86.3. The lowest BCUT2D eigenvalue weighted by Gasteiger charge is -2.08. The third-order valence-corrected chi connectivity index (χ3v) is 26.1. The van der Waals surface area contributed by atoms with E-state index in [0.717, 1.165) is 278 Å². The van der Waals surface area contributed by atoms with Gasteiger partial charge in [0.2, 0.25) is 0 Å². The number of hydrogen-bond acceptors (Lipinski definition) is 14. The van der Waals surface area contributed by atoms with Gasteiger partial charge in [-0.3, -0.25) is 45.3 Å². The molecule has 0 radical (unpaired) electrons. The number of fused-ring (bicyclic) bond motifs is 36. The number of imidazole rings is 4. The van der Waals surface area contributed by atoms with Crippen molar-refractivity contribution in [3.8, 4) is 135 Å². The number of aryl methyl sites for hydroxylation is 8. The monoisotopic (exact) mass is 1710 g/mol. The molecule has 28 rings (SSSR count). The quantitative estimate of drug-likeness (QED) is 0.0700. The number of aromatic nitrogens is 22. The SMILES string of the molecule is c1cc2cc(c1)-c1cccc3[nH]c(nc13)-c1[nH]nc3ncc(cc13)-c1cncc(c1)CCC2.c1cc2cc(c1)-c1cccc3[nH]c(nc13)-c1n[nH]c3ccc(cc13)-c1cncc(c1)CCC2.c1cc2cc(c1)-c1cccc3[nH]c(nc13)-c1n[nH]c3ccc(cc13)-c1cncc(c1)CCC2.c1cc2cc(c1)-c1nccc3[nH]c(nc13)-c1n[nH]c3ccc(cc13)-c1cncc(c1)CCC2. The van der Waals surface area contributed by atoms with Crippen LogP contribution in [0.4, 0.5) is 0 Å². The highest BCUT2D eigenvalue weighted by Crippen LogP contribution is 2.41. The average molecular weight is 1710 g/mol. The summed E-state index contributed by atoms with van der Waals surface area (Å²) in [5.41, 5.74) is 42.7. The van der Waals surface area contributed by atoms with Crippen LogP contribution in [-0.4, -0.2) is 111 Å². The van der Waals surface area contributed by atoms with Crippen LogP contribution < -0.4 is 0 Å². The van der Waals surface area contributed by atoms with Crippen molar-refractivity contribution in [1.82, 2.24) is 111 Å². The number of aromatic amines is 8. The Morgan fingerprint density at radius 3 is 0.970 bits per heavy atom. The van der Waals surface area contributed by atoms with Crippen molar-refractivity contribution >= 4 is 87.9 Å². The van der Waals surface area contributed by atoms with E-state index in [1.165, 1.54) is 61.2 Å². The molecule has 0 amide bonds. The van der Waals surface area contributed by atoms with Gasteiger partial charge in [0.05, 0.1) is 66.2 Å². The van der Waals surface area contributed by atoms with Gasteiger partial charge in [-0.2, -0.15) is 20.4 Å². The third-order valence-electron chi connectivity index (χ3n) is 26.1. The number of nitrogens with one attached hydrogen (secondary N) is 8. The molecule has 0 saturated heterocycles. The normalized spacial score (nSPS) is 13.1. The molecule has 632 valence electrons. The number of pyridine rings is 6. The number of rotatable bonds is 0. The topological polar surface area (TPSA) is 307 Å². The zero-order valence-electron chi connectivity index (χ0n) is 71.6. The number of H-pyrrole nitrogens is 8. The summed E-state index contributed by atoms with van der Waals surface area (Å²) in [7, 11) is 0. The van der Waals surface area contributed by atoms with Gasteiger partial charge in [0, 0.05) is 128 Å². The standard InChI is InChI=1S/2C28H21N5.2C27H20N6/c2*1-4-17-5-2-7-20(12-17)22-8-3-9-25-26(22)31-28(30-25)27-23-14-19(10-11-24(23)32-33-27)21-13-18(6-1)15-29-16-21;1-4-16-5-2-7-18(10-16)21-8-3-9-23-24(21)31-27(30-23)25-22-12-20(15-29-26(22)33-32-25)19-11-17(6-1)13-28-14-19;1-3-16-4-2-6-19(11-16)24-26-23(9-10-29-24)30-27(31-26)25-21-13-18(7-8-22(21)32-33-25)20-12-17(5-1)14-28-15-20/h2*2-3,5,7-16H,1,4,6H2,(H,30,31)(H,32,33);2-3,5,7-15H,1,4,6H2,(H,30,31)(H,29,32,33);2,4,6-15H,1,3,5H2,(H,30,31)(H,32,33). The van der Waals surface area contributed by atoms with Crippen LogP contribution in [0.1, 0.15) is 70.2 Å². The lowest BCUT2D eigenvalue weighted by molar-refractivity contribution is 0.817. The summed E-state index contributed by atoms with van der Waals surface area (Å²) < 4.78 is 0. The molecule has 22 nitrogen and oxygen atoms in total. The largest absolute Gasteiger partial charge is 0.337 e. The molecule has 32 bridgehead atoms. The van der Waals surface area contributed by atoms with Crippen LogP contribution in [0.25, 0.3) is 223 Å². The van der Waals surface area contributed by atoms with Crippen LogP contribution in [0.15, 0.2) is 305 Å². The lowest BCUT2D eigenvalue weighted by atomic mass is 9.98. The van der Waals surface area contributed by atoms with Gasteiger partial charge in [0.1, 0.15) is 28.3 Å². The number of nitrogens with zero attached hydrogens (tertiary/aromatic N) is 14. The predicted molar refractivity (Wildman–Crippen MR) is 523 cm³/mol. The number of benzene rings is 10. The molecule has 14 aromatic heterocycles. The third kappa shape index (κ3) is 14.6. The van der Waals surface area contributed by atoms with E-state index in [1.54, 1.807) is 0 Å².